The lowest BCUT2D eigenvalue weighted by Crippen LogP contribution is -2.36. The van der Waals surface area contributed by atoms with Gasteiger partial charge in [-0.05, 0) is 36.3 Å². The summed E-state index contributed by atoms with van der Waals surface area (Å²) in [4.78, 5) is 16.8. The Kier molecular flexibility index (Phi) is 3.24. The summed E-state index contributed by atoms with van der Waals surface area (Å²) < 4.78 is 3.67. The van der Waals surface area contributed by atoms with Crippen LogP contribution < -0.4 is 16.4 Å². The highest BCUT2D eigenvalue weighted by Crippen LogP contribution is 2.45. The van der Waals surface area contributed by atoms with Crippen LogP contribution in [0.2, 0.25) is 0 Å². The lowest BCUT2D eigenvalue weighted by atomic mass is 9.93. The fourth-order valence-electron chi connectivity index (χ4n) is 3.47. The largest absolute Gasteiger partial charge is 0.328 e. The third-order valence-corrected chi connectivity index (χ3v) is 5.32. The number of hydrogen-bond acceptors (Lipinski definition) is 3. The Morgan fingerprint density at radius 3 is 2.88 bits per heavy atom. The van der Waals surface area contributed by atoms with Crippen molar-refractivity contribution in [2.75, 3.05) is 0 Å². The molecule has 2 aliphatic rings. The van der Waals surface area contributed by atoms with E-state index < -0.39 is 0 Å². The molecule has 0 bridgehead atoms. The van der Waals surface area contributed by atoms with Crippen LogP contribution in [-0.4, -0.2) is 14.1 Å². The fourth-order valence-corrected chi connectivity index (χ4v) is 3.47. The van der Waals surface area contributed by atoms with Gasteiger partial charge < -0.3 is 0 Å². The average molecular weight is 320 g/mol. The van der Waals surface area contributed by atoms with E-state index in [-0.39, 0.29) is 17.0 Å². The molecule has 1 saturated carbocycles. The first-order valence-electron chi connectivity index (χ1n) is 8.33. The van der Waals surface area contributed by atoms with E-state index in [4.69, 9.17) is 5.26 Å². The summed E-state index contributed by atoms with van der Waals surface area (Å²) in [6, 6.07) is 4.02. The SMILES string of the molecule is Cn1c2c(n(CC3(C)CC3)c1=O)=CCC(c1cncc(C#N)c1)C=2. The smallest absolute Gasteiger partial charge is 0.295 e. The molecule has 2 heterocycles. The topological polar surface area (TPSA) is 63.6 Å². The van der Waals surface area contributed by atoms with Crippen LogP contribution in [0.5, 0.6) is 0 Å². The number of rotatable bonds is 3. The highest BCUT2D eigenvalue weighted by Gasteiger charge is 2.38. The van der Waals surface area contributed by atoms with E-state index in [9.17, 15) is 4.79 Å². The van der Waals surface area contributed by atoms with Crippen LogP contribution in [-0.2, 0) is 13.6 Å². The standard InChI is InChI=1S/C19H20N4O/c1-19(5-6-19)12-23-16-4-3-14(8-17(16)22(2)18(23)24)15-7-13(9-20)10-21-11-15/h4,7-8,10-11,14H,3,5-6,12H2,1-2H3. The predicted molar refractivity (Wildman–Crippen MR) is 91.5 cm³/mol. The molecule has 1 unspecified atom stereocenters. The van der Waals surface area contributed by atoms with Gasteiger partial charge in [0.15, 0.2) is 0 Å². The van der Waals surface area contributed by atoms with Crippen molar-refractivity contribution in [2.45, 2.75) is 38.6 Å². The van der Waals surface area contributed by atoms with Gasteiger partial charge in [-0.1, -0.05) is 19.1 Å². The summed E-state index contributed by atoms with van der Waals surface area (Å²) in [7, 11) is 1.84. The fraction of sp³-hybridized carbons (Fsp3) is 0.421. The number of hydrogen-bond donors (Lipinski definition) is 0. The number of aromatic nitrogens is 3. The molecular weight excluding hydrogens is 300 g/mol. The number of nitrogens with zero attached hydrogens (tertiary/aromatic N) is 4. The van der Waals surface area contributed by atoms with Crippen molar-refractivity contribution in [3.63, 3.8) is 0 Å². The molecule has 0 aliphatic heterocycles. The first kappa shape index (κ1) is 14.9. The van der Waals surface area contributed by atoms with Crippen molar-refractivity contribution in [3.8, 4) is 6.07 Å². The zero-order valence-corrected chi connectivity index (χ0v) is 14.0. The first-order chi connectivity index (χ1) is 11.5. The van der Waals surface area contributed by atoms with Gasteiger partial charge in [-0.3, -0.25) is 14.1 Å². The van der Waals surface area contributed by atoms with Gasteiger partial charge in [0, 0.05) is 31.9 Å². The third-order valence-electron chi connectivity index (χ3n) is 5.32. The highest BCUT2D eigenvalue weighted by molar-refractivity contribution is 5.47. The van der Waals surface area contributed by atoms with Gasteiger partial charge in [-0.25, -0.2) is 4.79 Å². The van der Waals surface area contributed by atoms with E-state index in [0.717, 1.165) is 29.2 Å². The summed E-state index contributed by atoms with van der Waals surface area (Å²) in [6.45, 7) is 3.04. The molecule has 1 atom stereocenters. The van der Waals surface area contributed by atoms with Gasteiger partial charge in [0.1, 0.15) is 6.07 Å². The minimum atomic E-state index is 0.0603. The van der Waals surface area contributed by atoms with Crippen molar-refractivity contribution < 1.29 is 0 Å². The van der Waals surface area contributed by atoms with Crippen LogP contribution in [0, 0.1) is 16.7 Å². The highest BCUT2D eigenvalue weighted by atomic mass is 16.1. The van der Waals surface area contributed by atoms with E-state index in [1.807, 2.05) is 17.7 Å². The molecule has 1 fully saturated rings. The lowest BCUT2D eigenvalue weighted by molar-refractivity contribution is 0.445. The molecule has 5 heteroatoms. The monoisotopic (exact) mass is 320 g/mol. The predicted octanol–water partition coefficient (Wildman–Crippen LogP) is 1.00. The van der Waals surface area contributed by atoms with Gasteiger partial charge in [-0.15, -0.1) is 0 Å². The minimum absolute atomic E-state index is 0.0603. The molecule has 5 nitrogen and oxygen atoms in total. The Bertz CT molecular complexity index is 1030. The number of imidazole rings is 1. The summed E-state index contributed by atoms with van der Waals surface area (Å²) in [5, 5.41) is 11.1. The Balaban J connectivity index is 1.80. The van der Waals surface area contributed by atoms with Gasteiger partial charge in [0.25, 0.3) is 0 Å². The van der Waals surface area contributed by atoms with Crippen LogP contribution in [0.1, 0.15) is 43.2 Å². The van der Waals surface area contributed by atoms with Crippen LogP contribution in [0.25, 0.3) is 12.2 Å². The Morgan fingerprint density at radius 1 is 1.38 bits per heavy atom. The molecule has 122 valence electrons. The molecule has 2 aromatic rings. The van der Waals surface area contributed by atoms with E-state index in [2.05, 4.69) is 30.1 Å². The third kappa shape index (κ3) is 2.39. The lowest BCUT2D eigenvalue weighted by Gasteiger charge is -2.14. The number of nitriles is 1. The van der Waals surface area contributed by atoms with E-state index in [1.165, 1.54) is 12.8 Å². The zero-order chi connectivity index (χ0) is 16.9. The van der Waals surface area contributed by atoms with Crippen LogP contribution >= 0.6 is 0 Å². The van der Waals surface area contributed by atoms with E-state index in [1.54, 1.807) is 17.0 Å². The summed E-state index contributed by atoms with van der Waals surface area (Å²) in [6.07, 6.45) is 10.9. The number of fused-ring (bicyclic) bond motifs is 1. The Morgan fingerprint density at radius 2 is 2.17 bits per heavy atom. The van der Waals surface area contributed by atoms with Gasteiger partial charge >= 0.3 is 5.69 Å². The molecule has 0 spiro atoms. The van der Waals surface area contributed by atoms with E-state index >= 15 is 0 Å². The molecule has 0 saturated heterocycles. The van der Waals surface area contributed by atoms with Crippen molar-refractivity contribution in [1.29, 1.82) is 5.26 Å². The summed E-state index contributed by atoms with van der Waals surface area (Å²) >= 11 is 0. The number of pyridine rings is 1. The average Bonchev–Trinajstić information content (AvgIpc) is 3.30. The maximum absolute atomic E-state index is 12.6. The second-order valence-electron chi connectivity index (χ2n) is 7.34. The van der Waals surface area contributed by atoms with Gasteiger partial charge in [0.2, 0.25) is 0 Å². The van der Waals surface area contributed by atoms with Crippen LogP contribution in [0.15, 0.2) is 23.3 Å². The normalized spacial score (nSPS) is 20.5. The van der Waals surface area contributed by atoms with Gasteiger partial charge in [0.05, 0.1) is 16.3 Å². The van der Waals surface area contributed by atoms with Gasteiger partial charge in [-0.2, -0.15) is 5.26 Å². The van der Waals surface area contributed by atoms with Crippen molar-refractivity contribution in [1.82, 2.24) is 14.1 Å². The van der Waals surface area contributed by atoms with Crippen LogP contribution in [0.4, 0.5) is 0 Å². The quantitative estimate of drug-likeness (QED) is 0.847. The van der Waals surface area contributed by atoms with Crippen molar-refractivity contribution in [3.05, 3.63) is 50.8 Å². The maximum atomic E-state index is 12.6. The second-order valence-corrected chi connectivity index (χ2v) is 7.34. The minimum Gasteiger partial charge on any atom is -0.295 e. The molecule has 2 aromatic heterocycles. The zero-order valence-electron chi connectivity index (χ0n) is 14.0. The Hall–Kier alpha value is -2.61. The first-order valence-corrected chi connectivity index (χ1v) is 8.33. The molecule has 4 rings (SSSR count). The van der Waals surface area contributed by atoms with Crippen molar-refractivity contribution >= 4 is 12.2 Å². The summed E-state index contributed by atoms with van der Waals surface area (Å²) in [5.41, 5.74) is 1.93. The maximum Gasteiger partial charge on any atom is 0.328 e. The summed E-state index contributed by atoms with van der Waals surface area (Å²) in [5.74, 6) is 0.149. The molecule has 0 N–H and O–H groups in total. The molecule has 24 heavy (non-hydrogen) atoms. The van der Waals surface area contributed by atoms with Crippen molar-refractivity contribution in [2.24, 2.45) is 12.5 Å². The molecular formula is C19H20N4O. The molecule has 0 radical (unpaired) electrons. The second kappa shape index (κ2) is 5.20. The Labute approximate surface area is 140 Å². The van der Waals surface area contributed by atoms with E-state index in [0.29, 0.717) is 5.56 Å². The molecule has 0 amide bonds. The molecule has 2 aliphatic carbocycles. The molecule has 0 aromatic carbocycles. The van der Waals surface area contributed by atoms with Crippen LogP contribution in [0.3, 0.4) is 0 Å².